The van der Waals surface area contributed by atoms with Crippen LogP contribution in [0.1, 0.15) is 39.0 Å². The van der Waals surface area contributed by atoms with Crippen molar-refractivity contribution >= 4 is 28.6 Å². The van der Waals surface area contributed by atoms with Crippen LogP contribution >= 0.6 is 0 Å². The first-order chi connectivity index (χ1) is 12.1. The predicted octanol–water partition coefficient (Wildman–Crippen LogP) is 2.02. The SMILES string of the molecule is CCCNc1nc(N(C)C)nc2c(N[C@@H]3CCCC[C@H]3O)ncnc12. The summed E-state index contributed by atoms with van der Waals surface area (Å²) in [7, 11) is 3.82. The van der Waals surface area contributed by atoms with Gasteiger partial charge in [0.15, 0.2) is 11.6 Å². The van der Waals surface area contributed by atoms with Gasteiger partial charge in [-0.1, -0.05) is 19.8 Å². The van der Waals surface area contributed by atoms with Crippen molar-refractivity contribution in [3.8, 4) is 0 Å². The number of fused-ring (bicyclic) bond motifs is 1. The summed E-state index contributed by atoms with van der Waals surface area (Å²) in [5.74, 6) is 1.97. The zero-order chi connectivity index (χ0) is 17.8. The molecule has 2 atom stereocenters. The summed E-state index contributed by atoms with van der Waals surface area (Å²) in [4.78, 5) is 19.9. The van der Waals surface area contributed by atoms with Crippen molar-refractivity contribution in [1.29, 1.82) is 0 Å². The topological polar surface area (TPSA) is 99.1 Å². The quantitative estimate of drug-likeness (QED) is 0.731. The minimum Gasteiger partial charge on any atom is -0.391 e. The summed E-state index contributed by atoms with van der Waals surface area (Å²) >= 11 is 0. The van der Waals surface area contributed by atoms with Crippen LogP contribution in [0.2, 0.25) is 0 Å². The van der Waals surface area contributed by atoms with Crippen LogP contribution in [-0.2, 0) is 0 Å². The monoisotopic (exact) mass is 345 g/mol. The standard InChI is InChI=1S/C17H27N7O/c1-4-9-18-15-13-14(22-17(23-15)24(2)3)16(20-10-19-13)21-11-7-5-6-8-12(11)25/h10-12,25H,4-9H2,1-3H3,(H,18,22,23)(H,19,20,21)/t11-,12-/m1/s1. The summed E-state index contributed by atoms with van der Waals surface area (Å²) in [5, 5.41) is 17.0. The van der Waals surface area contributed by atoms with Crippen molar-refractivity contribution in [2.75, 3.05) is 36.2 Å². The van der Waals surface area contributed by atoms with E-state index >= 15 is 0 Å². The van der Waals surface area contributed by atoms with Gasteiger partial charge in [0, 0.05) is 20.6 Å². The number of nitrogens with one attached hydrogen (secondary N) is 2. The number of rotatable bonds is 6. The van der Waals surface area contributed by atoms with E-state index in [0.717, 1.165) is 38.6 Å². The van der Waals surface area contributed by atoms with E-state index in [0.29, 0.717) is 28.6 Å². The zero-order valence-corrected chi connectivity index (χ0v) is 15.2. The highest BCUT2D eigenvalue weighted by molar-refractivity contribution is 5.93. The largest absolute Gasteiger partial charge is 0.391 e. The Balaban J connectivity index is 2.01. The lowest BCUT2D eigenvalue weighted by Crippen LogP contribution is -2.36. The van der Waals surface area contributed by atoms with Gasteiger partial charge in [-0.3, -0.25) is 0 Å². The smallest absolute Gasteiger partial charge is 0.227 e. The van der Waals surface area contributed by atoms with E-state index in [9.17, 15) is 5.11 Å². The molecule has 136 valence electrons. The number of aliphatic hydroxyl groups excluding tert-OH is 1. The van der Waals surface area contributed by atoms with Crippen LogP contribution in [0, 0.1) is 0 Å². The number of hydrogen-bond acceptors (Lipinski definition) is 8. The maximum atomic E-state index is 10.3. The molecule has 8 nitrogen and oxygen atoms in total. The summed E-state index contributed by atoms with van der Waals surface area (Å²) in [6.07, 6.45) is 6.09. The number of anilines is 3. The molecular weight excluding hydrogens is 318 g/mol. The Hall–Kier alpha value is -2.22. The third kappa shape index (κ3) is 3.89. The third-order valence-corrected chi connectivity index (χ3v) is 4.46. The van der Waals surface area contributed by atoms with Crippen LogP contribution in [0.3, 0.4) is 0 Å². The van der Waals surface area contributed by atoms with Crippen molar-refractivity contribution in [3.63, 3.8) is 0 Å². The average molecular weight is 345 g/mol. The van der Waals surface area contributed by atoms with Gasteiger partial charge in [0.2, 0.25) is 5.95 Å². The first-order valence-electron chi connectivity index (χ1n) is 8.98. The van der Waals surface area contributed by atoms with E-state index < -0.39 is 0 Å². The lowest BCUT2D eigenvalue weighted by molar-refractivity contribution is 0.116. The molecule has 2 aromatic heterocycles. The molecule has 8 heteroatoms. The van der Waals surface area contributed by atoms with Crippen LogP contribution in [0.5, 0.6) is 0 Å². The van der Waals surface area contributed by atoms with Gasteiger partial charge in [0.1, 0.15) is 17.4 Å². The second-order valence-corrected chi connectivity index (χ2v) is 6.72. The molecule has 3 N–H and O–H groups in total. The molecule has 0 aromatic carbocycles. The lowest BCUT2D eigenvalue weighted by Gasteiger charge is -2.29. The van der Waals surface area contributed by atoms with E-state index in [2.05, 4.69) is 37.5 Å². The fourth-order valence-electron chi connectivity index (χ4n) is 3.06. The summed E-state index contributed by atoms with van der Waals surface area (Å²) in [6, 6.07) is -0.00308. The molecule has 0 saturated heterocycles. The van der Waals surface area contributed by atoms with Crippen LogP contribution in [0.25, 0.3) is 11.0 Å². The second-order valence-electron chi connectivity index (χ2n) is 6.72. The maximum Gasteiger partial charge on any atom is 0.227 e. The van der Waals surface area contributed by atoms with Gasteiger partial charge in [0.25, 0.3) is 0 Å². The van der Waals surface area contributed by atoms with Gasteiger partial charge >= 0.3 is 0 Å². The normalized spacial score (nSPS) is 20.5. The summed E-state index contributed by atoms with van der Waals surface area (Å²) in [5.41, 5.74) is 1.37. The molecular formula is C17H27N7O. The maximum absolute atomic E-state index is 10.3. The van der Waals surface area contributed by atoms with Crippen LogP contribution < -0.4 is 15.5 Å². The van der Waals surface area contributed by atoms with Crippen molar-refractivity contribution in [2.45, 2.75) is 51.2 Å². The van der Waals surface area contributed by atoms with E-state index in [1.54, 1.807) is 0 Å². The Morgan fingerprint density at radius 3 is 2.64 bits per heavy atom. The predicted molar refractivity (Wildman–Crippen MR) is 100 cm³/mol. The molecule has 1 aliphatic carbocycles. The average Bonchev–Trinajstić information content (AvgIpc) is 2.61. The van der Waals surface area contributed by atoms with Crippen molar-refractivity contribution in [2.24, 2.45) is 0 Å². The highest BCUT2D eigenvalue weighted by Crippen LogP contribution is 2.28. The molecule has 3 rings (SSSR count). The Morgan fingerprint density at radius 2 is 1.92 bits per heavy atom. The van der Waals surface area contributed by atoms with E-state index in [1.165, 1.54) is 6.33 Å². The molecule has 0 amide bonds. The summed E-state index contributed by atoms with van der Waals surface area (Å²) in [6.45, 7) is 2.92. The van der Waals surface area contributed by atoms with Gasteiger partial charge in [-0.15, -0.1) is 0 Å². The number of aliphatic hydroxyl groups is 1. The fourth-order valence-corrected chi connectivity index (χ4v) is 3.06. The van der Waals surface area contributed by atoms with E-state index in [4.69, 9.17) is 0 Å². The van der Waals surface area contributed by atoms with Crippen molar-refractivity contribution in [3.05, 3.63) is 6.33 Å². The minimum atomic E-state index is -0.355. The molecule has 0 spiro atoms. The molecule has 0 unspecified atom stereocenters. The molecule has 0 aliphatic heterocycles. The Kier molecular flexibility index (Phi) is 5.47. The second kappa shape index (κ2) is 7.77. The summed E-state index contributed by atoms with van der Waals surface area (Å²) < 4.78 is 0. The number of hydrogen-bond donors (Lipinski definition) is 3. The van der Waals surface area contributed by atoms with Crippen LogP contribution in [0.4, 0.5) is 17.6 Å². The van der Waals surface area contributed by atoms with Crippen molar-refractivity contribution in [1.82, 2.24) is 19.9 Å². The molecule has 0 bridgehead atoms. The van der Waals surface area contributed by atoms with Crippen molar-refractivity contribution < 1.29 is 5.11 Å². The first kappa shape index (κ1) is 17.6. The Bertz CT molecular complexity index is 721. The molecule has 1 saturated carbocycles. The van der Waals surface area contributed by atoms with Gasteiger partial charge in [-0.2, -0.15) is 4.98 Å². The third-order valence-electron chi connectivity index (χ3n) is 4.46. The van der Waals surface area contributed by atoms with Gasteiger partial charge in [0.05, 0.1) is 12.1 Å². The number of aromatic nitrogens is 4. The first-order valence-corrected chi connectivity index (χ1v) is 8.98. The van der Waals surface area contributed by atoms with E-state index in [1.807, 2.05) is 19.0 Å². The highest BCUT2D eigenvalue weighted by Gasteiger charge is 2.24. The Labute approximate surface area is 148 Å². The molecule has 2 heterocycles. The molecule has 1 fully saturated rings. The highest BCUT2D eigenvalue weighted by atomic mass is 16.3. The molecule has 25 heavy (non-hydrogen) atoms. The fraction of sp³-hybridized carbons (Fsp3) is 0.647. The van der Waals surface area contributed by atoms with Crippen LogP contribution in [-0.4, -0.2) is 57.8 Å². The molecule has 2 aromatic rings. The minimum absolute atomic E-state index is 0.00308. The van der Waals surface area contributed by atoms with E-state index in [-0.39, 0.29) is 12.1 Å². The van der Waals surface area contributed by atoms with Crippen LogP contribution in [0.15, 0.2) is 6.33 Å². The van der Waals surface area contributed by atoms with Gasteiger partial charge in [-0.25, -0.2) is 15.0 Å². The number of nitrogens with zero attached hydrogens (tertiary/aromatic N) is 5. The van der Waals surface area contributed by atoms with Gasteiger partial charge < -0.3 is 20.6 Å². The Morgan fingerprint density at radius 1 is 1.12 bits per heavy atom. The lowest BCUT2D eigenvalue weighted by atomic mass is 9.92. The zero-order valence-electron chi connectivity index (χ0n) is 15.2. The molecule has 0 radical (unpaired) electrons. The van der Waals surface area contributed by atoms with Gasteiger partial charge in [-0.05, 0) is 19.3 Å². The molecule has 1 aliphatic rings.